The molecule has 1 saturated heterocycles. The zero-order chi connectivity index (χ0) is 25.8. The lowest BCUT2D eigenvalue weighted by Crippen LogP contribution is -2.35. The van der Waals surface area contributed by atoms with Gasteiger partial charge >= 0.3 is 0 Å². The minimum absolute atomic E-state index is 0.0731. The summed E-state index contributed by atoms with van der Waals surface area (Å²) in [5.74, 6) is -0.0745. The molecule has 14 heteroatoms. The predicted molar refractivity (Wildman–Crippen MR) is 136 cm³/mol. The van der Waals surface area contributed by atoms with E-state index in [1.165, 1.54) is 10.9 Å². The van der Waals surface area contributed by atoms with Crippen molar-refractivity contribution in [3.8, 4) is 0 Å². The minimum Gasteiger partial charge on any atom is -0.387 e. The second-order valence-corrected chi connectivity index (χ2v) is 8.75. The second-order valence-electron chi connectivity index (χ2n) is 8.75. The van der Waals surface area contributed by atoms with E-state index in [0.717, 1.165) is 65.2 Å². The number of anilines is 1. The van der Waals surface area contributed by atoms with Crippen molar-refractivity contribution < 1.29 is 19.7 Å². The Bertz CT molecular complexity index is 956. The largest absolute Gasteiger partial charge is 0.387 e. The maximum atomic E-state index is 12.0. The number of nitrogens with zero attached hydrogens (tertiary/aromatic N) is 3. The summed E-state index contributed by atoms with van der Waals surface area (Å²) in [6, 6.07) is 0. The molecule has 0 spiro atoms. The molecule has 9 N–H and O–H groups in total. The van der Waals surface area contributed by atoms with E-state index in [-0.39, 0.29) is 23.7 Å². The fourth-order valence-electron chi connectivity index (χ4n) is 3.93. The van der Waals surface area contributed by atoms with Gasteiger partial charge in [0.05, 0.1) is 12.9 Å². The Balaban J connectivity index is 1.24. The van der Waals surface area contributed by atoms with E-state index in [4.69, 9.17) is 15.2 Å². The van der Waals surface area contributed by atoms with Crippen molar-refractivity contribution in [2.45, 2.75) is 44.3 Å². The number of nitrogen functional groups attached to an aromatic ring is 1. The number of ether oxygens (including phenoxy) is 2. The molecule has 14 nitrogen and oxygen atoms in total. The summed E-state index contributed by atoms with van der Waals surface area (Å²) >= 11 is 0. The van der Waals surface area contributed by atoms with Crippen LogP contribution in [0.25, 0.3) is 11.2 Å². The molecule has 204 valence electrons. The van der Waals surface area contributed by atoms with Crippen LogP contribution >= 0.6 is 0 Å². The van der Waals surface area contributed by atoms with Crippen LogP contribution in [0.15, 0.2) is 11.1 Å². The van der Waals surface area contributed by atoms with E-state index in [1.807, 2.05) is 0 Å². The van der Waals surface area contributed by atoms with Gasteiger partial charge < -0.3 is 46.7 Å². The van der Waals surface area contributed by atoms with E-state index in [1.54, 1.807) is 0 Å². The van der Waals surface area contributed by atoms with Crippen LogP contribution in [0, 0.1) is 0 Å². The summed E-state index contributed by atoms with van der Waals surface area (Å²) in [4.78, 5) is 22.4. The average molecular weight is 512 g/mol. The first-order valence-corrected chi connectivity index (χ1v) is 12.7. The Morgan fingerprint density at radius 3 is 2.36 bits per heavy atom. The Morgan fingerprint density at radius 2 is 1.69 bits per heavy atom. The van der Waals surface area contributed by atoms with E-state index in [2.05, 4.69) is 43.1 Å². The number of aliphatic hydroxyl groups excluding tert-OH is 2. The van der Waals surface area contributed by atoms with Crippen LogP contribution in [0.2, 0.25) is 0 Å². The molecule has 2 aromatic rings. The lowest BCUT2D eigenvalue weighted by molar-refractivity contribution is -0.0655. The van der Waals surface area contributed by atoms with Gasteiger partial charge in [0.2, 0.25) is 5.95 Å². The Kier molecular flexibility index (Phi) is 12.0. The first-order valence-electron chi connectivity index (χ1n) is 12.7. The van der Waals surface area contributed by atoms with Gasteiger partial charge in [-0.1, -0.05) is 6.92 Å². The molecule has 0 amide bonds. The summed E-state index contributed by atoms with van der Waals surface area (Å²) in [5.41, 5.74) is 5.38. The van der Waals surface area contributed by atoms with Gasteiger partial charge in [0.25, 0.3) is 5.56 Å². The SMILES string of the molecule is CCCNCCNCCNCCNCCCOC[C@H]1O[C@@H](n2cnc3c(=O)[nH]c(N)nc32)[C@H](O)[C@@H]1O. The Hall–Kier alpha value is -2.17. The Labute approximate surface area is 210 Å². The molecule has 1 aliphatic heterocycles. The van der Waals surface area contributed by atoms with Gasteiger partial charge in [-0.3, -0.25) is 14.3 Å². The van der Waals surface area contributed by atoms with Gasteiger partial charge in [0, 0.05) is 45.9 Å². The standard InChI is InChI=1S/C22H41N9O5/c1-2-4-24-6-8-26-10-11-27-9-7-25-5-3-12-35-13-15-17(32)18(33)21(36-15)31-14-28-16-19(31)29-22(23)30-20(16)34/h14-15,17-18,21,24-27,32-33H,2-13H2,1H3,(H3,23,29,30,34)/t15-,17-,18-,21-/m1/s1. The minimum atomic E-state index is -1.24. The van der Waals surface area contributed by atoms with E-state index >= 15 is 0 Å². The molecule has 4 atom stereocenters. The van der Waals surface area contributed by atoms with Crippen LogP contribution in [0.4, 0.5) is 5.95 Å². The normalized spacial score (nSPS) is 22.1. The second kappa shape index (κ2) is 15.2. The number of nitrogens with one attached hydrogen (secondary N) is 5. The van der Waals surface area contributed by atoms with Crippen LogP contribution in [0.3, 0.4) is 0 Å². The fraction of sp³-hybridized carbons (Fsp3) is 0.773. The fourth-order valence-corrected chi connectivity index (χ4v) is 3.93. The summed E-state index contributed by atoms with van der Waals surface area (Å²) in [5, 5.41) is 34.4. The Morgan fingerprint density at radius 1 is 1.06 bits per heavy atom. The molecule has 1 aliphatic rings. The predicted octanol–water partition coefficient (Wildman–Crippen LogP) is -2.50. The highest BCUT2D eigenvalue weighted by molar-refractivity contribution is 5.70. The first-order chi connectivity index (χ1) is 17.5. The van der Waals surface area contributed by atoms with E-state index < -0.39 is 30.1 Å². The molecule has 0 bridgehead atoms. The van der Waals surface area contributed by atoms with Crippen molar-refractivity contribution in [2.24, 2.45) is 0 Å². The number of aliphatic hydroxyl groups is 2. The van der Waals surface area contributed by atoms with E-state index in [0.29, 0.717) is 6.61 Å². The highest BCUT2D eigenvalue weighted by atomic mass is 16.6. The number of imidazole rings is 1. The lowest BCUT2D eigenvalue weighted by atomic mass is 10.1. The van der Waals surface area contributed by atoms with Crippen LogP contribution < -0.4 is 32.6 Å². The van der Waals surface area contributed by atoms with Crippen molar-refractivity contribution in [2.75, 3.05) is 71.3 Å². The van der Waals surface area contributed by atoms with Gasteiger partial charge in [0.1, 0.15) is 18.3 Å². The zero-order valence-electron chi connectivity index (χ0n) is 20.9. The van der Waals surface area contributed by atoms with Gasteiger partial charge in [-0.2, -0.15) is 4.98 Å². The van der Waals surface area contributed by atoms with E-state index in [9.17, 15) is 15.0 Å². The average Bonchev–Trinajstić information content (AvgIpc) is 3.40. The molecule has 2 aromatic heterocycles. The quantitative estimate of drug-likeness (QED) is 0.0981. The summed E-state index contributed by atoms with van der Waals surface area (Å²) in [7, 11) is 0. The monoisotopic (exact) mass is 511 g/mol. The smallest absolute Gasteiger partial charge is 0.280 e. The molecule has 36 heavy (non-hydrogen) atoms. The number of hydrogen-bond donors (Lipinski definition) is 8. The van der Waals surface area contributed by atoms with Crippen molar-refractivity contribution in [3.63, 3.8) is 0 Å². The molecule has 0 aromatic carbocycles. The molecule has 1 fully saturated rings. The number of nitrogens with two attached hydrogens (primary N) is 1. The van der Waals surface area contributed by atoms with Gasteiger partial charge in [-0.15, -0.1) is 0 Å². The molecule has 0 radical (unpaired) electrons. The van der Waals surface area contributed by atoms with Crippen LogP contribution in [-0.4, -0.2) is 114 Å². The third-order valence-electron chi connectivity index (χ3n) is 5.85. The topological polar surface area (TPSA) is 197 Å². The van der Waals surface area contributed by atoms with Crippen LogP contribution in [0.5, 0.6) is 0 Å². The third-order valence-corrected chi connectivity index (χ3v) is 5.85. The van der Waals surface area contributed by atoms with Gasteiger partial charge in [-0.25, -0.2) is 4.98 Å². The number of H-pyrrole nitrogens is 1. The highest BCUT2D eigenvalue weighted by Crippen LogP contribution is 2.31. The lowest BCUT2D eigenvalue weighted by Gasteiger charge is -2.16. The number of aromatic amines is 1. The van der Waals surface area contributed by atoms with Gasteiger partial charge in [0.15, 0.2) is 17.4 Å². The summed E-state index contributed by atoms with van der Waals surface area (Å²) in [6.07, 6.45) is -0.783. The summed E-state index contributed by atoms with van der Waals surface area (Å²) in [6.45, 7) is 10.3. The molecule has 3 heterocycles. The number of fused-ring (bicyclic) bond motifs is 1. The summed E-state index contributed by atoms with van der Waals surface area (Å²) < 4.78 is 12.9. The van der Waals surface area contributed by atoms with Crippen molar-refractivity contribution in [1.82, 2.24) is 40.8 Å². The first kappa shape index (κ1) is 28.4. The number of hydrogen-bond acceptors (Lipinski definition) is 12. The maximum absolute atomic E-state index is 12.0. The van der Waals surface area contributed by atoms with Crippen molar-refractivity contribution in [1.29, 1.82) is 0 Å². The molecule has 0 unspecified atom stereocenters. The zero-order valence-corrected chi connectivity index (χ0v) is 20.9. The third kappa shape index (κ3) is 8.18. The van der Waals surface area contributed by atoms with Gasteiger partial charge in [-0.05, 0) is 25.9 Å². The number of aromatic nitrogens is 4. The van der Waals surface area contributed by atoms with Crippen LogP contribution in [0.1, 0.15) is 26.0 Å². The molecule has 0 aliphatic carbocycles. The molecular formula is C22H41N9O5. The maximum Gasteiger partial charge on any atom is 0.280 e. The van der Waals surface area contributed by atoms with Crippen LogP contribution in [-0.2, 0) is 9.47 Å². The van der Waals surface area contributed by atoms with Crippen molar-refractivity contribution >= 4 is 17.1 Å². The molecular weight excluding hydrogens is 470 g/mol. The highest BCUT2D eigenvalue weighted by Gasteiger charge is 2.44. The van der Waals surface area contributed by atoms with Crippen molar-refractivity contribution in [3.05, 3.63) is 16.7 Å². The molecule has 0 saturated carbocycles. The molecule has 3 rings (SSSR count). The number of rotatable bonds is 18.